The molecule has 82 valence electrons. The molecule has 3 amide bonds. The van der Waals surface area contributed by atoms with Crippen molar-refractivity contribution in [1.82, 2.24) is 10.2 Å². The number of carbonyl (C=O) groups excluding carboxylic acids is 3. The highest BCUT2D eigenvalue weighted by Crippen LogP contribution is 2.29. The van der Waals surface area contributed by atoms with Gasteiger partial charge in [-0.3, -0.25) is 19.7 Å². The first kappa shape index (κ1) is 10.1. The fourth-order valence-corrected chi connectivity index (χ4v) is 1.87. The van der Waals surface area contributed by atoms with E-state index in [1.54, 1.807) is 6.92 Å². The molecule has 1 saturated carbocycles. The molecular formula is C10H14N2O3. The summed E-state index contributed by atoms with van der Waals surface area (Å²) in [6.07, 6.45) is 2.84. The Labute approximate surface area is 87.8 Å². The second-order valence-electron chi connectivity index (χ2n) is 4.18. The van der Waals surface area contributed by atoms with Crippen LogP contribution in [0.25, 0.3) is 0 Å². The highest BCUT2D eigenvalue weighted by atomic mass is 16.2. The van der Waals surface area contributed by atoms with Crippen LogP contribution in [0.4, 0.5) is 0 Å². The van der Waals surface area contributed by atoms with E-state index in [1.807, 2.05) is 0 Å². The van der Waals surface area contributed by atoms with Gasteiger partial charge in [-0.05, 0) is 19.8 Å². The molecule has 1 aliphatic heterocycles. The van der Waals surface area contributed by atoms with Gasteiger partial charge in [-0.25, -0.2) is 0 Å². The van der Waals surface area contributed by atoms with Crippen molar-refractivity contribution in [1.29, 1.82) is 0 Å². The maximum Gasteiger partial charge on any atom is 0.249 e. The Balaban J connectivity index is 2.08. The lowest BCUT2D eigenvalue weighted by atomic mass is 9.84. The molecule has 5 nitrogen and oxygen atoms in total. The molecule has 1 saturated heterocycles. The van der Waals surface area contributed by atoms with Crippen molar-refractivity contribution in [2.75, 3.05) is 6.54 Å². The summed E-state index contributed by atoms with van der Waals surface area (Å²) in [6, 6.07) is -0.518. The Morgan fingerprint density at radius 2 is 2.07 bits per heavy atom. The first-order chi connectivity index (χ1) is 7.09. The van der Waals surface area contributed by atoms with E-state index in [0.29, 0.717) is 0 Å². The van der Waals surface area contributed by atoms with Gasteiger partial charge in [0, 0.05) is 5.92 Å². The molecule has 2 rings (SSSR count). The fourth-order valence-electron chi connectivity index (χ4n) is 1.87. The number of hydrogen-bond donors (Lipinski definition) is 1. The molecule has 15 heavy (non-hydrogen) atoms. The Morgan fingerprint density at radius 3 is 2.60 bits per heavy atom. The average Bonchev–Trinajstić information content (AvgIpc) is 2.08. The zero-order valence-corrected chi connectivity index (χ0v) is 8.66. The van der Waals surface area contributed by atoms with Gasteiger partial charge in [0.1, 0.15) is 12.6 Å². The summed E-state index contributed by atoms with van der Waals surface area (Å²) in [5.74, 6) is -0.771. The van der Waals surface area contributed by atoms with Gasteiger partial charge in [-0.1, -0.05) is 6.42 Å². The van der Waals surface area contributed by atoms with Crippen LogP contribution >= 0.6 is 0 Å². The topological polar surface area (TPSA) is 66.5 Å². The van der Waals surface area contributed by atoms with Crippen molar-refractivity contribution in [3.05, 3.63) is 0 Å². The molecule has 2 fully saturated rings. The molecule has 2 aliphatic rings. The second kappa shape index (κ2) is 3.64. The molecule has 1 N–H and O–H groups in total. The van der Waals surface area contributed by atoms with Crippen LogP contribution < -0.4 is 5.32 Å². The number of piperazine rings is 1. The van der Waals surface area contributed by atoms with Crippen LogP contribution in [0.15, 0.2) is 0 Å². The second-order valence-corrected chi connectivity index (χ2v) is 4.18. The van der Waals surface area contributed by atoms with Crippen LogP contribution in [0.5, 0.6) is 0 Å². The van der Waals surface area contributed by atoms with E-state index in [0.717, 1.165) is 19.3 Å². The van der Waals surface area contributed by atoms with Crippen molar-refractivity contribution in [2.45, 2.75) is 32.2 Å². The lowest BCUT2D eigenvalue weighted by molar-refractivity contribution is -0.153. The van der Waals surface area contributed by atoms with Gasteiger partial charge in [0.05, 0.1) is 0 Å². The van der Waals surface area contributed by atoms with Crippen LogP contribution in [-0.2, 0) is 14.4 Å². The van der Waals surface area contributed by atoms with Crippen LogP contribution in [-0.4, -0.2) is 35.2 Å². The number of carbonyl (C=O) groups is 3. The van der Waals surface area contributed by atoms with Gasteiger partial charge in [0.2, 0.25) is 17.7 Å². The van der Waals surface area contributed by atoms with Crippen molar-refractivity contribution >= 4 is 17.7 Å². The van der Waals surface area contributed by atoms with E-state index >= 15 is 0 Å². The Hall–Kier alpha value is -1.39. The predicted molar refractivity (Wildman–Crippen MR) is 51.7 cm³/mol. The first-order valence-electron chi connectivity index (χ1n) is 5.24. The minimum absolute atomic E-state index is 0.0161. The van der Waals surface area contributed by atoms with Crippen LogP contribution in [0.2, 0.25) is 0 Å². The summed E-state index contributed by atoms with van der Waals surface area (Å²) >= 11 is 0. The molecule has 0 aromatic rings. The first-order valence-corrected chi connectivity index (χ1v) is 5.24. The number of amides is 3. The lowest BCUT2D eigenvalue weighted by Crippen LogP contribution is -2.60. The minimum atomic E-state index is -0.518. The fraction of sp³-hybridized carbons (Fsp3) is 0.700. The number of nitrogens with one attached hydrogen (secondary N) is 1. The summed E-state index contributed by atoms with van der Waals surface area (Å²) in [7, 11) is 0. The predicted octanol–water partition coefficient (Wildman–Crippen LogP) is -0.340. The highest BCUT2D eigenvalue weighted by molar-refractivity contribution is 6.04. The molecule has 1 heterocycles. The van der Waals surface area contributed by atoms with Gasteiger partial charge < -0.3 is 4.90 Å². The minimum Gasteiger partial charge on any atom is -0.321 e. The summed E-state index contributed by atoms with van der Waals surface area (Å²) in [4.78, 5) is 35.7. The number of imide groups is 1. The quantitative estimate of drug-likeness (QED) is 0.602. The zero-order chi connectivity index (χ0) is 11.0. The summed E-state index contributed by atoms with van der Waals surface area (Å²) in [5.41, 5.74) is 0. The van der Waals surface area contributed by atoms with Crippen molar-refractivity contribution in [3.8, 4) is 0 Å². The Kier molecular flexibility index (Phi) is 2.46. The van der Waals surface area contributed by atoms with Gasteiger partial charge >= 0.3 is 0 Å². The van der Waals surface area contributed by atoms with Crippen molar-refractivity contribution in [3.63, 3.8) is 0 Å². The van der Waals surface area contributed by atoms with E-state index < -0.39 is 6.04 Å². The molecule has 0 spiro atoms. The van der Waals surface area contributed by atoms with Gasteiger partial charge in [0.15, 0.2) is 0 Å². The van der Waals surface area contributed by atoms with Gasteiger partial charge in [-0.15, -0.1) is 0 Å². The third-order valence-corrected chi connectivity index (χ3v) is 3.16. The molecule has 1 unspecified atom stereocenters. The standard InChI is InChI=1S/C10H14N2O3/c1-6-9(14)11-8(13)5-12(6)10(15)7-3-2-4-7/h6-7H,2-5H2,1H3,(H,11,13,14). The summed E-state index contributed by atoms with van der Waals surface area (Å²) < 4.78 is 0. The third kappa shape index (κ3) is 1.73. The highest BCUT2D eigenvalue weighted by Gasteiger charge is 2.38. The molecule has 0 radical (unpaired) electrons. The molecule has 0 aromatic carbocycles. The van der Waals surface area contributed by atoms with E-state index in [-0.39, 0.29) is 30.2 Å². The van der Waals surface area contributed by atoms with E-state index in [2.05, 4.69) is 5.32 Å². The van der Waals surface area contributed by atoms with Crippen LogP contribution in [0.1, 0.15) is 26.2 Å². The molecule has 0 bridgehead atoms. The van der Waals surface area contributed by atoms with E-state index in [9.17, 15) is 14.4 Å². The maximum atomic E-state index is 11.9. The summed E-state index contributed by atoms with van der Waals surface area (Å²) in [6.45, 7) is 1.67. The van der Waals surface area contributed by atoms with Crippen molar-refractivity contribution < 1.29 is 14.4 Å². The molecule has 0 aromatic heterocycles. The SMILES string of the molecule is CC1C(=O)NC(=O)CN1C(=O)C1CCC1. The van der Waals surface area contributed by atoms with Crippen molar-refractivity contribution in [2.24, 2.45) is 5.92 Å². The number of hydrogen-bond acceptors (Lipinski definition) is 3. The average molecular weight is 210 g/mol. The van der Waals surface area contributed by atoms with E-state index in [1.165, 1.54) is 4.90 Å². The molecule has 1 atom stereocenters. The number of rotatable bonds is 1. The molecule has 1 aliphatic carbocycles. The smallest absolute Gasteiger partial charge is 0.249 e. The van der Waals surface area contributed by atoms with Gasteiger partial charge in [0.25, 0.3) is 0 Å². The normalized spacial score (nSPS) is 27.3. The van der Waals surface area contributed by atoms with E-state index in [4.69, 9.17) is 0 Å². The monoisotopic (exact) mass is 210 g/mol. The lowest BCUT2D eigenvalue weighted by Gasteiger charge is -2.36. The zero-order valence-electron chi connectivity index (χ0n) is 8.66. The Bertz CT molecular complexity index is 323. The third-order valence-electron chi connectivity index (χ3n) is 3.16. The molecular weight excluding hydrogens is 196 g/mol. The Morgan fingerprint density at radius 1 is 1.40 bits per heavy atom. The maximum absolute atomic E-state index is 11.9. The van der Waals surface area contributed by atoms with Crippen LogP contribution in [0, 0.1) is 5.92 Å². The van der Waals surface area contributed by atoms with Gasteiger partial charge in [-0.2, -0.15) is 0 Å². The van der Waals surface area contributed by atoms with Crippen LogP contribution in [0.3, 0.4) is 0 Å². The largest absolute Gasteiger partial charge is 0.321 e. The number of nitrogens with zero attached hydrogens (tertiary/aromatic N) is 1. The molecule has 5 heteroatoms. The summed E-state index contributed by atoms with van der Waals surface area (Å²) in [5, 5.41) is 2.22.